The molecule has 8 heteroatoms. The highest BCUT2D eigenvalue weighted by Gasteiger charge is 2.53. The zero-order valence-corrected chi connectivity index (χ0v) is 25.2. The molecule has 1 atom stereocenters. The molecule has 8 nitrogen and oxygen atoms in total. The summed E-state index contributed by atoms with van der Waals surface area (Å²) in [5.74, 6) is 2.02. The van der Waals surface area contributed by atoms with Crippen molar-refractivity contribution in [2.75, 3.05) is 26.7 Å². The van der Waals surface area contributed by atoms with Gasteiger partial charge in [-0.15, -0.1) is 0 Å². The van der Waals surface area contributed by atoms with Crippen LogP contribution in [-0.4, -0.2) is 65.8 Å². The molecule has 2 saturated heterocycles. The summed E-state index contributed by atoms with van der Waals surface area (Å²) >= 11 is 0. The Morgan fingerprint density at radius 2 is 1.62 bits per heavy atom. The second-order valence-corrected chi connectivity index (χ2v) is 12.3. The van der Waals surface area contributed by atoms with Gasteiger partial charge in [0, 0.05) is 38.8 Å². The van der Waals surface area contributed by atoms with Gasteiger partial charge in [0.2, 0.25) is 11.8 Å². The average molecular weight is 575 g/mol. The summed E-state index contributed by atoms with van der Waals surface area (Å²) in [7, 11) is 1.61. The van der Waals surface area contributed by atoms with Gasteiger partial charge in [-0.05, 0) is 73.6 Å². The fourth-order valence-corrected chi connectivity index (χ4v) is 6.89. The van der Waals surface area contributed by atoms with E-state index in [1.54, 1.807) is 31.3 Å². The summed E-state index contributed by atoms with van der Waals surface area (Å²) in [6.07, 6.45) is 10.2. The average Bonchev–Trinajstić information content (AvgIpc) is 3.02. The van der Waals surface area contributed by atoms with Crippen LogP contribution in [-0.2, 0) is 16.1 Å². The SMILES string of the molecule is CCCCN1C(=O)C(CC2CCCCC2)NC(=O)C12CCN(Cc1ccc(Oc3ccc(C(=O)NC)cc3)cc1)CC2. The van der Waals surface area contributed by atoms with Crippen LogP contribution in [0.5, 0.6) is 11.5 Å². The first kappa shape index (κ1) is 30.1. The van der Waals surface area contributed by atoms with E-state index in [-0.39, 0.29) is 23.8 Å². The van der Waals surface area contributed by atoms with Crippen molar-refractivity contribution in [2.45, 2.75) is 89.3 Å². The van der Waals surface area contributed by atoms with Gasteiger partial charge in [0.15, 0.2) is 0 Å². The second-order valence-electron chi connectivity index (χ2n) is 12.3. The predicted octanol–water partition coefficient (Wildman–Crippen LogP) is 5.27. The topological polar surface area (TPSA) is 91.0 Å². The van der Waals surface area contributed by atoms with E-state index in [4.69, 9.17) is 4.74 Å². The zero-order valence-electron chi connectivity index (χ0n) is 25.2. The van der Waals surface area contributed by atoms with Crippen LogP contribution in [0.1, 0.15) is 87.1 Å². The number of piperidine rings is 1. The van der Waals surface area contributed by atoms with Crippen LogP contribution in [0, 0.1) is 5.92 Å². The summed E-state index contributed by atoms with van der Waals surface area (Å²) in [4.78, 5) is 43.6. The molecule has 1 spiro atoms. The van der Waals surface area contributed by atoms with Crippen LogP contribution in [0.2, 0.25) is 0 Å². The molecule has 2 aromatic rings. The Hall–Kier alpha value is -3.39. The fourth-order valence-electron chi connectivity index (χ4n) is 6.89. The maximum Gasteiger partial charge on any atom is 0.251 e. The van der Waals surface area contributed by atoms with Gasteiger partial charge < -0.3 is 20.3 Å². The Balaban J connectivity index is 1.17. The number of benzene rings is 2. The first-order valence-corrected chi connectivity index (χ1v) is 15.9. The molecular formula is C34H46N4O4. The van der Waals surface area contributed by atoms with Gasteiger partial charge in [-0.2, -0.15) is 0 Å². The standard InChI is InChI=1S/C34H46N4O4/c1-3-4-20-38-32(40)30(23-25-8-6-5-7-9-25)36-33(41)34(38)18-21-37(22-19-34)24-26-10-14-28(15-11-26)42-29-16-12-27(13-17-29)31(39)35-2/h10-17,25,30H,3-9,18-24H2,1-2H3,(H,35,39)(H,36,41). The number of nitrogens with one attached hydrogen (secondary N) is 2. The molecule has 3 fully saturated rings. The number of hydrogen-bond donors (Lipinski definition) is 2. The molecule has 0 bridgehead atoms. The quantitative estimate of drug-likeness (QED) is 0.404. The Morgan fingerprint density at radius 1 is 0.976 bits per heavy atom. The second kappa shape index (κ2) is 13.7. The maximum absolute atomic E-state index is 13.8. The Morgan fingerprint density at radius 3 is 2.24 bits per heavy atom. The molecule has 1 aliphatic carbocycles. The van der Waals surface area contributed by atoms with Gasteiger partial charge in [-0.25, -0.2) is 0 Å². The van der Waals surface area contributed by atoms with Gasteiger partial charge >= 0.3 is 0 Å². The number of likely N-dealkylation sites (tertiary alicyclic amines) is 1. The smallest absolute Gasteiger partial charge is 0.251 e. The van der Waals surface area contributed by atoms with Gasteiger partial charge in [0.25, 0.3) is 5.91 Å². The first-order valence-electron chi connectivity index (χ1n) is 15.9. The third kappa shape index (κ3) is 6.80. The zero-order chi connectivity index (χ0) is 29.5. The number of hydrogen-bond acceptors (Lipinski definition) is 5. The molecule has 1 saturated carbocycles. The van der Waals surface area contributed by atoms with Crippen LogP contribution in [0.4, 0.5) is 0 Å². The highest BCUT2D eigenvalue weighted by Crippen LogP contribution is 2.36. The molecule has 226 valence electrons. The van der Waals surface area contributed by atoms with Crippen molar-refractivity contribution in [2.24, 2.45) is 5.92 Å². The van der Waals surface area contributed by atoms with Crippen molar-refractivity contribution in [1.29, 1.82) is 0 Å². The highest BCUT2D eigenvalue weighted by atomic mass is 16.5. The number of unbranched alkanes of at least 4 members (excludes halogenated alkanes) is 1. The van der Waals surface area contributed by atoms with E-state index in [0.29, 0.717) is 36.6 Å². The van der Waals surface area contributed by atoms with E-state index in [9.17, 15) is 14.4 Å². The van der Waals surface area contributed by atoms with Crippen molar-refractivity contribution in [1.82, 2.24) is 20.4 Å². The molecule has 0 radical (unpaired) electrons. The van der Waals surface area contributed by atoms with Gasteiger partial charge in [-0.1, -0.05) is 57.6 Å². The van der Waals surface area contributed by atoms with Gasteiger partial charge in [0.05, 0.1) is 0 Å². The van der Waals surface area contributed by atoms with E-state index < -0.39 is 5.54 Å². The largest absolute Gasteiger partial charge is 0.457 e. The number of piperazine rings is 1. The number of amides is 3. The molecule has 42 heavy (non-hydrogen) atoms. The highest BCUT2D eigenvalue weighted by molar-refractivity contribution is 6.00. The van der Waals surface area contributed by atoms with Gasteiger partial charge in [-0.3, -0.25) is 19.3 Å². The van der Waals surface area contributed by atoms with Crippen molar-refractivity contribution in [3.63, 3.8) is 0 Å². The van der Waals surface area contributed by atoms with E-state index in [1.165, 1.54) is 37.7 Å². The minimum absolute atomic E-state index is 0.0588. The third-order valence-corrected chi connectivity index (χ3v) is 9.43. The lowest BCUT2D eigenvalue weighted by atomic mass is 9.79. The first-order chi connectivity index (χ1) is 20.4. The predicted molar refractivity (Wildman–Crippen MR) is 163 cm³/mol. The van der Waals surface area contributed by atoms with Crippen LogP contribution in [0.15, 0.2) is 48.5 Å². The molecular weight excluding hydrogens is 528 g/mol. The molecule has 2 aliphatic heterocycles. The summed E-state index contributed by atoms with van der Waals surface area (Å²) in [6.45, 7) is 5.13. The number of rotatable bonds is 10. The van der Waals surface area contributed by atoms with E-state index in [2.05, 4.69) is 34.6 Å². The number of ether oxygens (including phenoxy) is 1. The summed E-state index contributed by atoms with van der Waals surface area (Å²) in [5, 5.41) is 5.82. The fraction of sp³-hybridized carbons (Fsp3) is 0.559. The minimum atomic E-state index is -0.725. The summed E-state index contributed by atoms with van der Waals surface area (Å²) < 4.78 is 5.96. The van der Waals surface area contributed by atoms with E-state index >= 15 is 0 Å². The number of carbonyl (C=O) groups excluding carboxylic acids is 3. The van der Waals surface area contributed by atoms with Crippen LogP contribution < -0.4 is 15.4 Å². The van der Waals surface area contributed by atoms with Crippen LogP contribution >= 0.6 is 0 Å². The third-order valence-electron chi connectivity index (χ3n) is 9.43. The summed E-state index contributed by atoms with van der Waals surface area (Å²) in [6, 6.07) is 14.7. The lowest BCUT2D eigenvalue weighted by Gasteiger charge is -2.52. The van der Waals surface area contributed by atoms with Crippen molar-refractivity contribution in [3.05, 3.63) is 59.7 Å². The van der Waals surface area contributed by atoms with E-state index in [0.717, 1.165) is 44.6 Å². The van der Waals surface area contributed by atoms with Crippen LogP contribution in [0.25, 0.3) is 0 Å². The lowest BCUT2D eigenvalue weighted by molar-refractivity contribution is -0.162. The molecule has 2 aromatic carbocycles. The minimum Gasteiger partial charge on any atom is -0.457 e. The monoisotopic (exact) mass is 574 g/mol. The lowest BCUT2D eigenvalue weighted by Crippen LogP contribution is -2.73. The molecule has 2 N–H and O–H groups in total. The van der Waals surface area contributed by atoms with Crippen LogP contribution in [0.3, 0.4) is 0 Å². The number of carbonyl (C=O) groups is 3. The molecule has 0 aromatic heterocycles. The molecule has 3 amide bonds. The van der Waals surface area contributed by atoms with E-state index in [1.807, 2.05) is 17.0 Å². The molecule has 3 aliphatic rings. The normalized spacial score (nSPS) is 21.3. The van der Waals surface area contributed by atoms with Gasteiger partial charge in [0.1, 0.15) is 23.1 Å². The van der Waals surface area contributed by atoms with Crippen molar-refractivity contribution < 1.29 is 19.1 Å². The Bertz CT molecular complexity index is 1220. The molecule has 1 unspecified atom stereocenters. The molecule has 5 rings (SSSR count). The van der Waals surface area contributed by atoms with Crippen molar-refractivity contribution >= 4 is 17.7 Å². The maximum atomic E-state index is 13.8. The summed E-state index contributed by atoms with van der Waals surface area (Å²) in [5.41, 5.74) is 1.04. The Labute approximate surface area is 250 Å². The Kier molecular flexibility index (Phi) is 9.83. The van der Waals surface area contributed by atoms with Crippen molar-refractivity contribution in [3.8, 4) is 11.5 Å². The molecule has 2 heterocycles. The number of nitrogens with zero attached hydrogens (tertiary/aromatic N) is 2.